The molecule has 4 heteroatoms. The fourth-order valence-electron chi connectivity index (χ4n) is 2.14. The third kappa shape index (κ3) is 4.89. The second kappa shape index (κ2) is 7.12. The van der Waals surface area contributed by atoms with E-state index in [1.54, 1.807) is 0 Å². The van der Waals surface area contributed by atoms with Gasteiger partial charge >= 0.3 is 0 Å². The normalized spacial score (nSPS) is 19.4. The molecular weight excluding hydrogens is 236 g/mol. The molecule has 1 heterocycles. The van der Waals surface area contributed by atoms with Gasteiger partial charge < -0.3 is 11.1 Å². The number of nitrogens with one attached hydrogen (secondary N) is 1. The molecule has 2 atom stereocenters. The van der Waals surface area contributed by atoms with Crippen LogP contribution in [0.2, 0.25) is 0 Å². The molecule has 0 spiro atoms. The first kappa shape index (κ1) is 15.5. The van der Waals surface area contributed by atoms with Crippen molar-refractivity contribution in [2.75, 3.05) is 0 Å². The molecule has 0 saturated carbocycles. The molecule has 0 saturated heterocycles. The van der Waals surface area contributed by atoms with E-state index in [1.807, 2.05) is 13.1 Å². The van der Waals surface area contributed by atoms with Gasteiger partial charge in [-0.15, -0.1) is 0 Å². The van der Waals surface area contributed by atoms with Gasteiger partial charge in [0.05, 0.1) is 11.4 Å². The number of rotatable bonds is 6. The van der Waals surface area contributed by atoms with Crippen molar-refractivity contribution in [2.24, 2.45) is 27.6 Å². The Morgan fingerprint density at radius 2 is 2.11 bits per heavy atom. The Morgan fingerprint density at radius 3 is 2.68 bits per heavy atom. The van der Waals surface area contributed by atoms with Crippen LogP contribution in [0.25, 0.3) is 0 Å². The Morgan fingerprint density at radius 1 is 1.42 bits per heavy atom. The van der Waals surface area contributed by atoms with Gasteiger partial charge in [-0.25, -0.2) is 4.99 Å². The van der Waals surface area contributed by atoms with Crippen LogP contribution in [0.3, 0.4) is 0 Å². The highest BCUT2D eigenvalue weighted by Crippen LogP contribution is 2.19. The zero-order valence-corrected chi connectivity index (χ0v) is 12.5. The topological polar surface area (TPSA) is 62.8 Å². The van der Waals surface area contributed by atoms with E-state index >= 15 is 0 Å². The molecule has 2 unspecified atom stereocenters. The molecule has 19 heavy (non-hydrogen) atoms. The van der Waals surface area contributed by atoms with Crippen molar-refractivity contribution in [3.8, 4) is 0 Å². The largest absolute Gasteiger partial charge is 0.369 e. The van der Waals surface area contributed by atoms with Crippen LogP contribution < -0.4 is 11.1 Å². The smallest absolute Gasteiger partial charge is 0.198 e. The van der Waals surface area contributed by atoms with Crippen molar-refractivity contribution >= 4 is 12.2 Å². The Bertz CT molecular complexity index is 418. The van der Waals surface area contributed by atoms with Crippen molar-refractivity contribution in [1.82, 2.24) is 5.32 Å². The first-order chi connectivity index (χ1) is 8.93. The first-order valence-corrected chi connectivity index (χ1v) is 6.97. The highest BCUT2D eigenvalue weighted by atomic mass is 15.1. The summed E-state index contributed by atoms with van der Waals surface area (Å²) in [7, 11) is 0. The third-order valence-electron chi connectivity index (χ3n) is 3.43. The molecule has 0 aromatic heterocycles. The molecule has 4 nitrogen and oxygen atoms in total. The number of nitrogens with two attached hydrogens (primary N) is 1. The molecule has 0 bridgehead atoms. The van der Waals surface area contributed by atoms with Crippen molar-refractivity contribution < 1.29 is 0 Å². The van der Waals surface area contributed by atoms with Gasteiger partial charge in [0.25, 0.3) is 0 Å². The van der Waals surface area contributed by atoms with Gasteiger partial charge in [-0.2, -0.15) is 0 Å². The summed E-state index contributed by atoms with van der Waals surface area (Å²) in [6.45, 7) is 12.6. The molecule has 1 aliphatic heterocycles. The second-order valence-electron chi connectivity index (χ2n) is 5.44. The molecular formula is C15H26N4. The number of nitrogens with zero attached hydrogens (tertiary/aromatic N) is 2. The Kier molecular flexibility index (Phi) is 5.80. The van der Waals surface area contributed by atoms with E-state index in [1.165, 1.54) is 12.8 Å². The van der Waals surface area contributed by atoms with Gasteiger partial charge in [0.1, 0.15) is 5.70 Å². The van der Waals surface area contributed by atoms with Crippen LogP contribution in [0.4, 0.5) is 0 Å². The SMILES string of the molecule is C=C1NC(N)=NC(C)=C1N=CCC(C)CC(C)CC. The average molecular weight is 262 g/mol. The van der Waals surface area contributed by atoms with Gasteiger partial charge in [0.15, 0.2) is 5.96 Å². The minimum atomic E-state index is 0.381. The van der Waals surface area contributed by atoms with Gasteiger partial charge in [-0.3, -0.25) is 4.99 Å². The van der Waals surface area contributed by atoms with Crippen molar-refractivity contribution in [1.29, 1.82) is 0 Å². The van der Waals surface area contributed by atoms with Crippen LogP contribution in [-0.4, -0.2) is 12.2 Å². The summed E-state index contributed by atoms with van der Waals surface area (Å²) >= 11 is 0. The number of aliphatic imine (C=N–C) groups is 2. The number of hydrogen-bond donors (Lipinski definition) is 2. The predicted molar refractivity (Wildman–Crippen MR) is 82.9 cm³/mol. The molecule has 1 rings (SSSR count). The molecule has 0 amide bonds. The van der Waals surface area contributed by atoms with E-state index < -0.39 is 0 Å². The summed E-state index contributed by atoms with van der Waals surface area (Å²) in [6, 6.07) is 0. The zero-order chi connectivity index (χ0) is 14.4. The second-order valence-corrected chi connectivity index (χ2v) is 5.44. The van der Waals surface area contributed by atoms with Crippen LogP contribution in [0.5, 0.6) is 0 Å². The van der Waals surface area contributed by atoms with Gasteiger partial charge in [0, 0.05) is 6.21 Å². The van der Waals surface area contributed by atoms with Crippen LogP contribution in [-0.2, 0) is 0 Å². The Labute approximate surface area is 116 Å². The number of allylic oxidation sites excluding steroid dienone is 1. The predicted octanol–water partition coefficient (Wildman–Crippen LogP) is 3.18. The van der Waals surface area contributed by atoms with Crippen molar-refractivity contribution in [3.05, 3.63) is 23.7 Å². The summed E-state index contributed by atoms with van der Waals surface area (Å²) in [5.41, 5.74) is 7.94. The minimum Gasteiger partial charge on any atom is -0.369 e. The fraction of sp³-hybridized carbons (Fsp3) is 0.600. The van der Waals surface area contributed by atoms with Gasteiger partial charge in [-0.05, 0) is 31.6 Å². The van der Waals surface area contributed by atoms with Gasteiger partial charge in [-0.1, -0.05) is 33.8 Å². The van der Waals surface area contributed by atoms with Crippen molar-refractivity contribution in [2.45, 2.75) is 47.0 Å². The van der Waals surface area contributed by atoms with E-state index in [2.05, 4.69) is 42.7 Å². The van der Waals surface area contributed by atoms with E-state index in [0.29, 0.717) is 11.9 Å². The van der Waals surface area contributed by atoms with E-state index in [-0.39, 0.29) is 0 Å². The lowest BCUT2D eigenvalue weighted by Crippen LogP contribution is -2.33. The number of guanidine groups is 1. The highest BCUT2D eigenvalue weighted by molar-refractivity contribution is 5.83. The summed E-state index contributed by atoms with van der Waals surface area (Å²) in [5, 5.41) is 2.90. The standard InChI is InChI=1S/C15H26N4/c1-6-10(2)9-11(3)7-8-17-14-12(4)18-15(16)19-13(14)5/h8,10-11H,4,6-7,9H2,1-3,5H3,(H3,16,18,19). The molecule has 0 aromatic carbocycles. The quantitative estimate of drug-likeness (QED) is 0.722. The lowest BCUT2D eigenvalue weighted by molar-refractivity contribution is 0.416. The van der Waals surface area contributed by atoms with E-state index in [4.69, 9.17) is 5.73 Å². The molecule has 0 fully saturated rings. The molecule has 3 N–H and O–H groups in total. The maximum absolute atomic E-state index is 5.62. The summed E-state index contributed by atoms with van der Waals surface area (Å²) in [6.07, 6.45) is 5.43. The van der Waals surface area contributed by atoms with Crippen LogP contribution >= 0.6 is 0 Å². The molecule has 1 aliphatic rings. The summed E-state index contributed by atoms with van der Waals surface area (Å²) in [4.78, 5) is 8.64. The summed E-state index contributed by atoms with van der Waals surface area (Å²) < 4.78 is 0. The molecule has 106 valence electrons. The monoisotopic (exact) mass is 262 g/mol. The minimum absolute atomic E-state index is 0.381. The maximum Gasteiger partial charge on any atom is 0.198 e. The average Bonchev–Trinajstić information content (AvgIpc) is 2.32. The van der Waals surface area contributed by atoms with E-state index in [9.17, 15) is 0 Å². The van der Waals surface area contributed by atoms with Gasteiger partial charge in [0.2, 0.25) is 0 Å². The van der Waals surface area contributed by atoms with Crippen LogP contribution in [0.15, 0.2) is 33.7 Å². The lowest BCUT2D eigenvalue weighted by atomic mass is 9.93. The van der Waals surface area contributed by atoms with Crippen molar-refractivity contribution in [3.63, 3.8) is 0 Å². The summed E-state index contributed by atoms with van der Waals surface area (Å²) in [5.74, 6) is 1.81. The number of hydrogen-bond acceptors (Lipinski definition) is 4. The van der Waals surface area contributed by atoms with Crippen LogP contribution in [0.1, 0.15) is 47.0 Å². The van der Waals surface area contributed by atoms with Crippen LogP contribution in [0, 0.1) is 11.8 Å². The maximum atomic E-state index is 5.62. The Hall–Kier alpha value is -1.58. The molecule has 0 aromatic rings. The fourth-order valence-corrected chi connectivity index (χ4v) is 2.14. The lowest BCUT2D eigenvalue weighted by Gasteiger charge is -2.16. The van der Waals surface area contributed by atoms with E-state index in [0.717, 1.165) is 29.4 Å². The molecule has 0 radical (unpaired) electrons. The Balaban J connectivity index is 2.57. The molecule has 0 aliphatic carbocycles. The first-order valence-electron chi connectivity index (χ1n) is 6.97. The highest BCUT2D eigenvalue weighted by Gasteiger charge is 2.12. The zero-order valence-electron chi connectivity index (χ0n) is 12.5. The third-order valence-corrected chi connectivity index (χ3v) is 3.43.